The molecule has 3 aromatic heterocycles. The number of nitrogens with one attached hydrogen (secondary N) is 1. The minimum absolute atomic E-state index is 0.0997. The largest absolute Gasteiger partial charge is 0.493 e. The number of furan rings is 1. The quantitative estimate of drug-likeness (QED) is 0.331. The van der Waals surface area contributed by atoms with E-state index in [4.69, 9.17) is 27.8 Å². The molecule has 1 amide bonds. The summed E-state index contributed by atoms with van der Waals surface area (Å²) >= 11 is 1.09. The van der Waals surface area contributed by atoms with Gasteiger partial charge in [0.05, 0.1) is 32.6 Å². The second-order valence-corrected chi connectivity index (χ2v) is 8.10. The van der Waals surface area contributed by atoms with Gasteiger partial charge < -0.3 is 33.1 Å². The lowest BCUT2D eigenvalue weighted by atomic mass is 10.2. The van der Waals surface area contributed by atoms with Crippen molar-refractivity contribution in [1.29, 1.82) is 0 Å². The van der Waals surface area contributed by atoms with E-state index in [2.05, 4.69) is 15.5 Å². The molecule has 12 heteroatoms. The van der Waals surface area contributed by atoms with Crippen LogP contribution in [0.15, 0.2) is 45.4 Å². The highest BCUT2D eigenvalue weighted by molar-refractivity contribution is 7.18. The monoisotopic (exact) mass is 499 g/mol. The molecule has 0 spiro atoms. The molecule has 4 rings (SSSR count). The molecular formula is C23H21N3O8S. The summed E-state index contributed by atoms with van der Waals surface area (Å²) in [5, 5.41) is 11.1. The summed E-state index contributed by atoms with van der Waals surface area (Å²) in [5.41, 5.74) is 1.19. The van der Waals surface area contributed by atoms with Crippen LogP contribution in [0.3, 0.4) is 0 Å². The van der Waals surface area contributed by atoms with Crippen LogP contribution < -0.4 is 19.5 Å². The lowest BCUT2D eigenvalue weighted by molar-refractivity contribution is 0.0443. The number of amides is 1. The van der Waals surface area contributed by atoms with Gasteiger partial charge in [-0.25, -0.2) is 4.79 Å². The summed E-state index contributed by atoms with van der Waals surface area (Å²) in [4.78, 5) is 25.1. The van der Waals surface area contributed by atoms with Gasteiger partial charge in [-0.3, -0.25) is 4.79 Å². The number of nitrogens with zero attached hydrogens (tertiary/aromatic N) is 2. The Labute approximate surface area is 203 Å². The molecule has 182 valence electrons. The Kier molecular flexibility index (Phi) is 7.01. The molecule has 1 aromatic carbocycles. The maximum absolute atomic E-state index is 12.6. The van der Waals surface area contributed by atoms with E-state index in [-0.39, 0.29) is 24.1 Å². The van der Waals surface area contributed by atoms with Gasteiger partial charge in [-0.15, -0.1) is 21.5 Å². The van der Waals surface area contributed by atoms with Crippen molar-refractivity contribution in [2.45, 2.75) is 13.5 Å². The van der Waals surface area contributed by atoms with E-state index in [0.717, 1.165) is 11.3 Å². The van der Waals surface area contributed by atoms with Crippen LogP contribution in [0.4, 0.5) is 5.00 Å². The number of thiophene rings is 1. The number of aromatic nitrogens is 2. The number of hydrogen-bond donors (Lipinski definition) is 1. The first-order chi connectivity index (χ1) is 16.9. The zero-order valence-electron chi connectivity index (χ0n) is 19.2. The third kappa shape index (κ3) is 5.11. The zero-order chi connectivity index (χ0) is 24.9. The summed E-state index contributed by atoms with van der Waals surface area (Å²) < 4.78 is 32.0. The Morgan fingerprint density at radius 3 is 2.43 bits per heavy atom. The molecule has 0 saturated carbocycles. The summed E-state index contributed by atoms with van der Waals surface area (Å²) in [6.07, 6.45) is 1.40. The van der Waals surface area contributed by atoms with Crippen molar-refractivity contribution in [1.82, 2.24) is 10.2 Å². The van der Waals surface area contributed by atoms with Gasteiger partial charge in [0.1, 0.15) is 4.88 Å². The second-order valence-electron chi connectivity index (χ2n) is 7.05. The first-order valence-electron chi connectivity index (χ1n) is 10.2. The Bertz CT molecular complexity index is 1320. The molecule has 0 saturated heterocycles. The maximum Gasteiger partial charge on any atom is 0.349 e. The number of esters is 1. The fourth-order valence-corrected chi connectivity index (χ4v) is 4.12. The molecule has 0 bridgehead atoms. The number of rotatable bonds is 9. The molecule has 0 unspecified atom stereocenters. The Hall–Kier alpha value is -4.32. The van der Waals surface area contributed by atoms with E-state index in [1.807, 2.05) is 0 Å². The number of aryl methyl sites for hydroxylation is 1. The van der Waals surface area contributed by atoms with Crippen molar-refractivity contribution in [2.75, 3.05) is 26.6 Å². The van der Waals surface area contributed by atoms with Crippen LogP contribution in [-0.2, 0) is 11.3 Å². The number of carbonyl (C=O) groups is 2. The van der Waals surface area contributed by atoms with Crippen LogP contribution in [-0.4, -0.2) is 43.4 Å². The molecule has 0 radical (unpaired) electrons. The summed E-state index contributed by atoms with van der Waals surface area (Å²) in [7, 11) is 4.50. The van der Waals surface area contributed by atoms with E-state index >= 15 is 0 Å². The first-order valence-corrected chi connectivity index (χ1v) is 11.0. The van der Waals surface area contributed by atoms with Crippen LogP contribution >= 0.6 is 11.3 Å². The van der Waals surface area contributed by atoms with Crippen LogP contribution in [0.25, 0.3) is 11.5 Å². The van der Waals surface area contributed by atoms with Crippen molar-refractivity contribution in [3.05, 3.63) is 58.7 Å². The Morgan fingerprint density at radius 1 is 1.06 bits per heavy atom. The smallest absolute Gasteiger partial charge is 0.349 e. The van der Waals surface area contributed by atoms with Gasteiger partial charge in [-0.05, 0) is 42.8 Å². The molecule has 0 aliphatic carbocycles. The van der Waals surface area contributed by atoms with Crippen LogP contribution in [0.1, 0.15) is 31.7 Å². The average Bonchev–Trinajstić information content (AvgIpc) is 3.63. The van der Waals surface area contributed by atoms with E-state index in [0.29, 0.717) is 38.3 Å². The Balaban J connectivity index is 1.43. The van der Waals surface area contributed by atoms with E-state index in [1.165, 1.54) is 27.6 Å². The van der Waals surface area contributed by atoms with Gasteiger partial charge >= 0.3 is 5.97 Å². The lowest BCUT2D eigenvalue weighted by Crippen LogP contribution is -2.09. The highest BCUT2D eigenvalue weighted by Gasteiger charge is 2.20. The maximum atomic E-state index is 12.6. The summed E-state index contributed by atoms with van der Waals surface area (Å²) in [6.45, 7) is 1.51. The van der Waals surface area contributed by atoms with E-state index in [9.17, 15) is 9.59 Å². The fraction of sp³-hybridized carbons (Fsp3) is 0.217. The van der Waals surface area contributed by atoms with Gasteiger partial charge in [-0.1, -0.05) is 0 Å². The molecule has 4 aromatic rings. The van der Waals surface area contributed by atoms with E-state index < -0.39 is 11.9 Å². The molecule has 0 aliphatic rings. The summed E-state index contributed by atoms with van der Waals surface area (Å²) in [6, 6.07) is 8.16. The topological polar surface area (TPSA) is 135 Å². The average molecular weight is 500 g/mol. The van der Waals surface area contributed by atoms with Gasteiger partial charge in [-0.2, -0.15) is 0 Å². The SMILES string of the molecule is COc1cc(-c2nnc(COC(=O)c3sc(NC(=O)c4ccco4)cc3C)o2)cc(OC)c1OC. The third-order valence-corrected chi connectivity index (χ3v) is 5.92. The second kappa shape index (κ2) is 10.3. The third-order valence-electron chi connectivity index (χ3n) is 4.79. The first kappa shape index (κ1) is 23.8. The number of carbonyl (C=O) groups excluding carboxylic acids is 2. The minimum atomic E-state index is -0.585. The van der Waals surface area contributed by atoms with Gasteiger partial charge in [0, 0.05) is 5.56 Å². The van der Waals surface area contributed by atoms with Crippen LogP contribution in [0.5, 0.6) is 17.2 Å². The van der Waals surface area contributed by atoms with Gasteiger partial charge in [0.25, 0.3) is 11.8 Å². The standard InChI is InChI=1S/C23H21N3O8S/c1-12-8-18(24-21(27)14-6-5-7-32-14)35-20(12)23(28)33-11-17-25-26-22(34-17)13-9-15(29-2)19(31-4)16(10-13)30-3/h5-10H,11H2,1-4H3,(H,24,27). The molecule has 0 aliphatic heterocycles. The number of benzene rings is 1. The van der Waals surface area contributed by atoms with E-state index in [1.54, 1.807) is 37.3 Å². The normalized spacial score (nSPS) is 10.6. The fourth-order valence-electron chi connectivity index (χ4n) is 3.15. The van der Waals surface area contributed by atoms with Crippen molar-refractivity contribution in [3.8, 4) is 28.7 Å². The van der Waals surface area contributed by atoms with Crippen molar-refractivity contribution >= 4 is 28.2 Å². The van der Waals surface area contributed by atoms with Crippen molar-refractivity contribution in [3.63, 3.8) is 0 Å². The highest BCUT2D eigenvalue weighted by atomic mass is 32.1. The molecule has 0 fully saturated rings. The number of ether oxygens (including phenoxy) is 4. The molecule has 11 nitrogen and oxygen atoms in total. The van der Waals surface area contributed by atoms with Gasteiger partial charge in [0.15, 0.2) is 23.9 Å². The number of hydrogen-bond acceptors (Lipinski definition) is 11. The van der Waals surface area contributed by atoms with Gasteiger partial charge in [0.2, 0.25) is 11.6 Å². The minimum Gasteiger partial charge on any atom is -0.493 e. The molecule has 3 heterocycles. The van der Waals surface area contributed by atoms with Crippen LogP contribution in [0, 0.1) is 6.92 Å². The number of anilines is 1. The highest BCUT2D eigenvalue weighted by Crippen LogP contribution is 2.40. The van der Waals surface area contributed by atoms with Crippen molar-refractivity contribution in [2.24, 2.45) is 0 Å². The zero-order valence-corrected chi connectivity index (χ0v) is 20.1. The molecule has 0 atom stereocenters. The molecular weight excluding hydrogens is 478 g/mol. The van der Waals surface area contributed by atoms with Crippen molar-refractivity contribution < 1.29 is 37.4 Å². The molecule has 1 N–H and O–H groups in total. The van der Waals surface area contributed by atoms with Crippen LogP contribution in [0.2, 0.25) is 0 Å². The predicted octanol–water partition coefficient (Wildman–Crippen LogP) is 4.33. The number of methoxy groups -OCH3 is 3. The predicted molar refractivity (Wildman–Crippen MR) is 124 cm³/mol. The Morgan fingerprint density at radius 2 is 1.80 bits per heavy atom. The lowest BCUT2D eigenvalue weighted by Gasteiger charge is -2.12. The summed E-state index contributed by atoms with van der Waals surface area (Å²) in [5.74, 6) is 0.735. The molecule has 35 heavy (non-hydrogen) atoms.